The summed E-state index contributed by atoms with van der Waals surface area (Å²) in [7, 11) is 0. The molecule has 0 heterocycles. The van der Waals surface area contributed by atoms with Crippen LogP contribution in [0.3, 0.4) is 0 Å². The number of rotatable bonds is 5. The zero-order valence-corrected chi connectivity index (χ0v) is 10.2. The number of nitriles is 1. The van der Waals surface area contributed by atoms with Crippen LogP contribution in [0.15, 0.2) is 24.3 Å². The van der Waals surface area contributed by atoms with Crippen molar-refractivity contribution in [1.82, 2.24) is 0 Å². The maximum Gasteiger partial charge on any atom is 0.349 e. The first-order valence-electron chi connectivity index (χ1n) is 5.46. The minimum absolute atomic E-state index is 0.00482. The SMILES string of the molecule is CCOC(=O)[C@@](O)(C[N+](=O)[O-])c1ccc(C#N)cc1. The lowest BCUT2D eigenvalue weighted by Crippen LogP contribution is -2.43. The van der Waals surface area contributed by atoms with Crippen molar-refractivity contribution in [2.45, 2.75) is 12.5 Å². The third-order valence-electron chi connectivity index (χ3n) is 2.46. The molecule has 0 fully saturated rings. The van der Waals surface area contributed by atoms with Gasteiger partial charge in [0, 0.05) is 10.5 Å². The van der Waals surface area contributed by atoms with Gasteiger partial charge in [0.1, 0.15) is 0 Å². The van der Waals surface area contributed by atoms with Crippen LogP contribution in [0.1, 0.15) is 18.1 Å². The molecule has 0 spiro atoms. The first kappa shape index (κ1) is 14.6. The van der Waals surface area contributed by atoms with E-state index in [0.29, 0.717) is 5.56 Å². The van der Waals surface area contributed by atoms with Gasteiger partial charge >= 0.3 is 5.97 Å². The smallest absolute Gasteiger partial charge is 0.349 e. The van der Waals surface area contributed by atoms with Gasteiger partial charge in [0.25, 0.3) is 5.60 Å². The second-order valence-corrected chi connectivity index (χ2v) is 3.76. The summed E-state index contributed by atoms with van der Waals surface area (Å²) in [4.78, 5) is 21.5. The van der Waals surface area contributed by atoms with Crippen molar-refractivity contribution in [3.63, 3.8) is 0 Å². The number of nitrogens with zero attached hydrogens (tertiary/aromatic N) is 2. The van der Waals surface area contributed by atoms with E-state index in [0.717, 1.165) is 0 Å². The van der Waals surface area contributed by atoms with Crippen LogP contribution in [-0.4, -0.2) is 29.2 Å². The summed E-state index contributed by atoms with van der Waals surface area (Å²) in [6.07, 6.45) is 0. The van der Waals surface area contributed by atoms with Gasteiger partial charge in [-0.3, -0.25) is 10.1 Å². The first-order chi connectivity index (χ1) is 8.93. The van der Waals surface area contributed by atoms with E-state index in [9.17, 15) is 20.0 Å². The van der Waals surface area contributed by atoms with Crippen LogP contribution in [0.4, 0.5) is 0 Å². The molecule has 7 nitrogen and oxygen atoms in total. The van der Waals surface area contributed by atoms with Crippen molar-refractivity contribution in [3.05, 3.63) is 45.5 Å². The molecule has 0 aromatic heterocycles. The Morgan fingerprint density at radius 1 is 1.53 bits per heavy atom. The Balaban J connectivity index is 3.18. The van der Waals surface area contributed by atoms with E-state index in [1.54, 1.807) is 0 Å². The topological polar surface area (TPSA) is 113 Å². The van der Waals surface area contributed by atoms with Crippen molar-refractivity contribution in [1.29, 1.82) is 5.26 Å². The molecular formula is C12H12N2O5. The van der Waals surface area contributed by atoms with Crippen LogP contribution in [0, 0.1) is 21.4 Å². The minimum Gasteiger partial charge on any atom is -0.463 e. The Labute approximate surface area is 109 Å². The van der Waals surface area contributed by atoms with Gasteiger partial charge in [-0.15, -0.1) is 0 Å². The van der Waals surface area contributed by atoms with Gasteiger partial charge in [0.05, 0.1) is 18.2 Å². The summed E-state index contributed by atoms with van der Waals surface area (Å²) >= 11 is 0. The fraction of sp³-hybridized carbons (Fsp3) is 0.333. The van der Waals surface area contributed by atoms with Crippen LogP contribution in [0.2, 0.25) is 0 Å². The summed E-state index contributed by atoms with van der Waals surface area (Å²) in [5, 5.41) is 29.5. The van der Waals surface area contributed by atoms with Gasteiger partial charge in [-0.05, 0) is 19.1 Å². The predicted molar refractivity (Wildman–Crippen MR) is 63.5 cm³/mol. The van der Waals surface area contributed by atoms with Gasteiger partial charge in [0.2, 0.25) is 6.54 Å². The molecule has 0 aliphatic heterocycles. The normalized spacial score (nSPS) is 13.1. The number of aliphatic hydroxyl groups is 1. The van der Waals surface area contributed by atoms with Crippen molar-refractivity contribution in [3.8, 4) is 6.07 Å². The zero-order valence-electron chi connectivity index (χ0n) is 10.2. The second kappa shape index (κ2) is 5.93. The Morgan fingerprint density at radius 3 is 2.53 bits per heavy atom. The van der Waals surface area contributed by atoms with Crippen LogP contribution < -0.4 is 0 Å². The van der Waals surface area contributed by atoms with E-state index < -0.39 is 23.0 Å². The van der Waals surface area contributed by atoms with Crippen molar-refractivity contribution in [2.75, 3.05) is 13.2 Å². The molecule has 0 aliphatic rings. The third kappa shape index (κ3) is 3.26. The number of hydrogen-bond donors (Lipinski definition) is 1. The van der Waals surface area contributed by atoms with Crippen molar-refractivity contribution in [2.24, 2.45) is 0 Å². The average Bonchev–Trinajstić information content (AvgIpc) is 2.38. The van der Waals surface area contributed by atoms with Crippen molar-refractivity contribution < 1.29 is 19.6 Å². The highest BCUT2D eigenvalue weighted by Crippen LogP contribution is 2.24. The molecule has 0 saturated heterocycles. The van der Waals surface area contributed by atoms with E-state index in [2.05, 4.69) is 4.74 Å². The standard InChI is InChI=1S/C12H12N2O5/c1-2-19-11(15)12(16,8-14(17)18)10-5-3-9(7-13)4-6-10/h3-6,16H,2,8H2,1H3/t12-/m1/s1. The number of esters is 1. The molecule has 1 aromatic rings. The molecule has 1 rings (SSSR count). The first-order valence-corrected chi connectivity index (χ1v) is 5.46. The van der Waals surface area contributed by atoms with Gasteiger partial charge in [-0.1, -0.05) is 12.1 Å². The lowest BCUT2D eigenvalue weighted by atomic mass is 9.93. The van der Waals surface area contributed by atoms with Crippen LogP contribution >= 0.6 is 0 Å². The highest BCUT2D eigenvalue weighted by molar-refractivity contribution is 5.81. The van der Waals surface area contributed by atoms with E-state index >= 15 is 0 Å². The largest absolute Gasteiger partial charge is 0.463 e. The third-order valence-corrected chi connectivity index (χ3v) is 2.46. The van der Waals surface area contributed by atoms with E-state index in [-0.39, 0.29) is 12.2 Å². The van der Waals surface area contributed by atoms with Crippen molar-refractivity contribution >= 4 is 5.97 Å². The zero-order chi connectivity index (χ0) is 14.5. The molecule has 0 aliphatic carbocycles. The summed E-state index contributed by atoms with van der Waals surface area (Å²) in [5.41, 5.74) is -2.02. The molecule has 1 atom stereocenters. The molecule has 1 aromatic carbocycles. The summed E-state index contributed by atoms with van der Waals surface area (Å²) in [6, 6.07) is 7.17. The number of carbonyl (C=O) groups excluding carboxylic acids is 1. The van der Waals surface area contributed by atoms with Gasteiger partial charge in [-0.25, -0.2) is 4.79 Å². The fourth-order valence-corrected chi connectivity index (χ4v) is 1.53. The summed E-state index contributed by atoms with van der Waals surface area (Å²) in [5.74, 6) is -1.09. The highest BCUT2D eigenvalue weighted by atomic mass is 16.6. The van der Waals surface area contributed by atoms with E-state index in [1.807, 2.05) is 6.07 Å². The molecular weight excluding hydrogens is 252 g/mol. The molecule has 0 bridgehead atoms. The Morgan fingerprint density at radius 2 is 2.11 bits per heavy atom. The number of carbonyl (C=O) groups is 1. The monoisotopic (exact) mass is 264 g/mol. The highest BCUT2D eigenvalue weighted by Gasteiger charge is 2.45. The Kier molecular flexibility index (Phi) is 4.56. The second-order valence-electron chi connectivity index (χ2n) is 3.76. The summed E-state index contributed by atoms with van der Waals surface area (Å²) < 4.78 is 4.66. The molecule has 0 unspecified atom stereocenters. The fourth-order valence-electron chi connectivity index (χ4n) is 1.53. The lowest BCUT2D eigenvalue weighted by molar-refractivity contribution is -0.499. The Hall–Kier alpha value is -2.46. The predicted octanol–water partition coefficient (Wildman–Crippen LogP) is 0.586. The van der Waals surface area contributed by atoms with E-state index in [1.165, 1.54) is 31.2 Å². The molecule has 0 amide bonds. The number of benzene rings is 1. The molecule has 1 N–H and O–H groups in total. The number of hydrogen-bond acceptors (Lipinski definition) is 6. The Bertz CT molecular complexity index is 520. The summed E-state index contributed by atoms with van der Waals surface area (Å²) in [6.45, 7) is 0.524. The van der Waals surface area contributed by atoms with Crippen LogP contribution in [0.25, 0.3) is 0 Å². The van der Waals surface area contributed by atoms with Gasteiger partial charge < -0.3 is 9.84 Å². The van der Waals surface area contributed by atoms with Crippen LogP contribution in [-0.2, 0) is 15.1 Å². The van der Waals surface area contributed by atoms with E-state index in [4.69, 9.17) is 5.26 Å². The maximum atomic E-state index is 11.7. The maximum absolute atomic E-state index is 11.7. The van der Waals surface area contributed by atoms with Gasteiger partial charge in [-0.2, -0.15) is 5.26 Å². The molecule has 7 heteroatoms. The molecule has 0 radical (unpaired) electrons. The minimum atomic E-state index is -2.35. The average molecular weight is 264 g/mol. The number of nitro groups is 1. The van der Waals surface area contributed by atoms with Gasteiger partial charge in [0.15, 0.2) is 0 Å². The number of ether oxygens (including phenoxy) is 1. The van der Waals surface area contributed by atoms with Crippen LogP contribution in [0.5, 0.6) is 0 Å². The molecule has 19 heavy (non-hydrogen) atoms. The molecule has 100 valence electrons. The molecule has 0 saturated carbocycles. The lowest BCUT2D eigenvalue weighted by Gasteiger charge is -2.22. The quantitative estimate of drug-likeness (QED) is 0.473.